The van der Waals surface area contributed by atoms with Gasteiger partial charge in [0.05, 0.1) is 0 Å². The number of imide groups is 2. The standard InChI is InChI=1S/C16H26Br2N2O3/c1-3-16(4-2)13(21)19(11-7-5-9-17)15(23)20(14(16)22)12-8-6-10-18/h3-12H2,1-2H3. The summed E-state index contributed by atoms with van der Waals surface area (Å²) in [5, 5.41) is 1.67. The van der Waals surface area contributed by atoms with Crippen LogP contribution in [0.5, 0.6) is 0 Å². The van der Waals surface area contributed by atoms with Gasteiger partial charge >= 0.3 is 6.03 Å². The van der Waals surface area contributed by atoms with Gasteiger partial charge in [-0.3, -0.25) is 19.4 Å². The second-order valence-electron chi connectivity index (χ2n) is 5.78. The highest BCUT2D eigenvalue weighted by molar-refractivity contribution is 9.09. The third-order valence-corrected chi connectivity index (χ3v) is 5.63. The van der Waals surface area contributed by atoms with Crippen molar-refractivity contribution < 1.29 is 14.4 Å². The predicted molar refractivity (Wildman–Crippen MR) is 97.9 cm³/mol. The Morgan fingerprint density at radius 3 is 1.48 bits per heavy atom. The summed E-state index contributed by atoms with van der Waals surface area (Å²) in [5.74, 6) is -0.632. The van der Waals surface area contributed by atoms with Crippen LogP contribution in [0.3, 0.4) is 0 Å². The van der Waals surface area contributed by atoms with E-state index in [0.717, 1.165) is 36.3 Å². The fourth-order valence-corrected chi connectivity index (χ4v) is 3.70. The van der Waals surface area contributed by atoms with Gasteiger partial charge < -0.3 is 0 Å². The van der Waals surface area contributed by atoms with Crippen molar-refractivity contribution >= 4 is 49.7 Å². The summed E-state index contributed by atoms with van der Waals surface area (Å²) in [5.41, 5.74) is -1.07. The summed E-state index contributed by atoms with van der Waals surface area (Å²) >= 11 is 6.72. The van der Waals surface area contributed by atoms with Crippen molar-refractivity contribution in [3.8, 4) is 0 Å². The maximum absolute atomic E-state index is 12.8. The Bertz CT molecular complexity index is 405. The van der Waals surface area contributed by atoms with Crippen LogP contribution in [0.15, 0.2) is 0 Å². The SMILES string of the molecule is CCC1(CC)C(=O)N(CCCCBr)C(=O)N(CCCCBr)C1=O. The summed E-state index contributed by atoms with van der Waals surface area (Å²) in [7, 11) is 0. The van der Waals surface area contributed by atoms with Crippen LogP contribution < -0.4 is 0 Å². The summed E-state index contributed by atoms with van der Waals surface area (Å²) in [6.45, 7) is 4.46. The first-order valence-electron chi connectivity index (χ1n) is 8.30. The van der Waals surface area contributed by atoms with Crippen molar-refractivity contribution in [3.05, 3.63) is 0 Å². The van der Waals surface area contributed by atoms with E-state index in [1.165, 1.54) is 9.80 Å². The Kier molecular flexibility index (Phi) is 8.75. The molecule has 5 nitrogen and oxygen atoms in total. The zero-order valence-electron chi connectivity index (χ0n) is 13.9. The molecule has 0 bridgehead atoms. The highest BCUT2D eigenvalue weighted by atomic mass is 79.9. The van der Waals surface area contributed by atoms with Crippen LogP contribution in [0.4, 0.5) is 4.79 Å². The molecule has 1 aliphatic heterocycles. The third kappa shape index (κ3) is 4.35. The van der Waals surface area contributed by atoms with E-state index >= 15 is 0 Å². The van der Waals surface area contributed by atoms with Crippen molar-refractivity contribution in [2.45, 2.75) is 52.4 Å². The minimum atomic E-state index is -1.07. The number of alkyl halides is 2. The fraction of sp³-hybridized carbons (Fsp3) is 0.812. The lowest BCUT2D eigenvalue weighted by Crippen LogP contribution is -2.65. The van der Waals surface area contributed by atoms with Gasteiger partial charge in [-0.05, 0) is 38.5 Å². The van der Waals surface area contributed by atoms with E-state index in [2.05, 4.69) is 31.9 Å². The number of urea groups is 1. The maximum atomic E-state index is 12.8. The summed E-state index contributed by atoms with van der Waals surface area (Å²) in [6.07, 6.45) is 4.13. The fourth-order valence-electron chi connectivity index (χ4n) is 2.91. The van der Waals surface area contributed by atoms with Crippen LogP contribution in [0.25, 0.3) is 0 Å². The number of rotatable bonds is 10. The van der Waals surface area contributed by atoms with Crippen molar-refractivity contribution in [3.63, 3.8) is 0 Å². The quantitative estimate of drug-likeness (QED) is 0.286. The zero-order chi connectivity index (χ0) is 17.5. The highest BCUT2D eigenvalue weighted by Gasteiger charge is 2.54. The molecular weight excluding hydrogens is 428 g/mol. The summed E-state index contributed by atoms with van der Waals surface area (Å²) in [6, 6.07) is -0.443. The molecular formula is C16H26Br2N2O3. The number of amides is 4. The molecule has 0 aromatic heterocycles. The highest BCUT2D eigenvalue weighted by Crippen LogP contribution is 2.36. The van der Waals surface area contributed by atoms with Crippen molar-refractivity contribution in [1.82, 2.24) is 9.80 Å². The Hall–Kier alpha value is -0.430. The minimum Gasteiger partial charge on any atom is -0.273 e. The van der Waals surface area contributed by atoms with Crippen LogP contribution in [0.2, 0.25) is 0 Å². The molecule has 1 aliphatic rings. The van der Waals surface area contributed by atoms with Crippen molar-refractivity contribution in [2.24, 2.45) is 5.41 Å². The second kappa shape index (κ2) is 9.77. The van der Waals surface area contributed by atoms with Gasteiger partial charge in [-0.25, -0.2) is 4.79 Å². The minimum absolute atomic E-state index is 0.316. The molecule has 1 rings (SSSR count). The molecule has 7 heteroatoms. The van der Waals surface area contributed by atoms with Crippen LogP contribution >= 0.6 is 31.9 Å². The molecule has 23 heavy (non-hydrogen) atoms. The lowest BCUT2D eigenvalue weighted by molar-refractivity contribution is -0.159. The van der Waals surface area contributed by atoms with Crippen LogP contribution in [0.1, 0.15) is 52.4 Å². The van der Waals surface area contributed by atoms with Gasteiger partial charge in [-0.2, -0.15) is 0 Å². The number of barbiturate groups is 1. The lowest BCUT2D eigenvalue weighted by atomic mass is 9.78. The molecule has 0 aromatic rings. The van der Waals surface area contributed by atoms with Gasteiger partial charge in [0.1, 0.15) is 5.41 Å². The zero-order valence-corrected chi connectivity index (χ0v) is 17.1. The van der Waals surface area contributed by atoms with Gasteiger partial charge in [0.25, 0.3) is 0 Å². The van der Waals surface area contributed by atoms with E-state index in [1.54, 1.807) is 0 Å². The molecule has 0 unspecified atom stereocenters. The summed E-state index contributed by atoms with van der Waals surface area (Å²) in [4.78, 5) is 40.9. The summed E-state index contributed by atoms with van der Waals surface area (Å²) < 4.78 is 0. The van der Waals surface area contributed by atoms with Crippen molar-refractivity contribution in [2.75, 3.05) is 23.7 Å². The largest absolute Gasteiger partial charge is 0.333 e. The van der Waals surface area contributed by atoms with Crippen LogP contribution in [-0.2, 0) is 9.59 Å². The molecule has 0 saturated carbocycles. The maximum Gasteiger partial charge on any atom is 0.333 e. The Labute approximate surface area is 155 Å². The van der Waals surface area contributed by atoms with E-state index < -0.39 is 11.4 Å². The molecule has 0 radical (unpaired) electrons. The lowest BCUT2D eigenvalue weighted by Gasteiger charge is -2.43. The third-order valence-electron chi connectivity index (χ3n) is 4.51. The molecule has 4 amide bonds. The number of hydrogen-bond acceptors (Lipinski definition) is 3. The predicted octanol–water partition coefficient (Wildman–Crippen LogP) is 3.93. The van der Waals surface area contributed by atoms with Crippen LogP contribution in [-0.4, -0.2) is 51.4 Å². The molecule has 132 valence electrons. The monoisotopic (exact) mass is 452 g/mol. The number of nitrogens with zero attached hydrogens (tertiary/aromatic N) is 2. The van der Waals surface area contributed by atoms with E-state index in [-0.39, 0.29) is 11.8 Å². The number of carbonyl (C=O) groups excluding carboxylic acids is 3. The van der Waals surface area contributed by atoms with Gasteiger partial charge in [-0.1, -0.05) is 45.7 Å². The second-order valence-corrected chi connectivity index (χ2v) is 7.36. The first-order chi connectivity index (χ1) is 11.0. The van der Waals surface area contributed by atoms with E-state index in [1.807, 2.05) is 13.8 Å². The normalized spacial score (nSPS) is 18.0. The number of carbonyl (C=O) groups is 3. The molecule has 0 spiro atoms. The van der Waals surface area contributed by atoms with Crippen LogP contribution in [0, 0.1) is 5.41 Å². The molecule has 1 heterocycles. The average Bonchev–Trinajstić information content (AvgIpc) is 2.55. The number of hydrogen-bond donors (Lipinski definition) is 0. The molecule has 0 atom stereocenters. The smallest absolute Gasteiger partial charge is 0.273 e. The molecule has 0 N–H and O–H groups in total. The van der Waals surface area contributed by atoms with Crippen molar-refractivity contribution in [1.29, 1.82) is 0 Å². The first kappa shape index (κ1) is 20.6. The van der Waals surface area contributed by atoms with Gasteiger partial charge in [-0.15, -0.1) is 0 Å². The average molecular weight is 454 g/mol. The molecule has 0 aromatic carbocycles. The van der Waals surface area contributed by atoms with E-state index in [4.69, 9.17) is 0 Å². The topological polar surface area (TPSA) is 57.7 Å². The molecule has 0 aliphatic carbocycles. The van der Waals surface area contributed by atoms with E-state index in [0.29, 0.717) is 25.9 Å². The number of halogens is 2. The first-order valence-corrected chi connectivity index (χ1v) is 10.5. The van der Waals surface area contributed by atoms with E-state index in [9.17, 15) is 14.4 Å². The molecule has 1 saturated heterocycles. The number of unbranched alkanes of at least 4 members (excludes halogenated alkanes) is 2. The Balaban J connectivity index is 3.04. The van der Waals surface area contributed by atoms with Gasteiger partial charge in [0, 0.05) is 23.7 Å². The van der Waals surface area contributed by atoms with Gasteiger partial charge in [0.2, 0.25) is 11.8 Å². The Morgan fingerprint density at radius 2 is 1.17 bits per heavy atom. The van der Waals surface area contributed by atoms with Gasteiger partial charge in [0.15, 0.2) is 0 Å². The Morgan fingerprint density at radius 1 is 0.783 bits per heavy atom. The molecule has 1 fully saturated rings.